The third-order valence-electron chi connectivity index (χ3n) is 6.18. The van der Waals surface area contributed by atoms with Crippen LogP contribution in [0, 0.1) is 29.1 Å². The number of carbonyl (C=O) groups is 2. The van der Waals surface area contributed by atoms with Gasteiger partial charge in [0.2, 0.25) is 5.91 Å². The summed E-state index contributed by atoms with van der Waals surface area (Å²) in [6, 6.07) is 2.02. The number of thiophene rings is 1. The molecule has 0 spiro atoms. The van der Waals surface area contributed by atoms with Crippen LogP contribution in [0.4, 0.5) is 5.69 Å². The molecular formula is C25H36N2O3S. The first kappa shape index (κ1) is 23.8. The number of nitrogens with one attached hydrogen (secondary N) is 1. The minimum atomic E-state index is -0.396. The smallest absolute Gasteiger partial charge is 0.350 e. The van der Waals surface area contributed by atoms with Gasteiger partial charge in [0.15, 0.2) is 0 Å². The minimum absolute atomic E-state index is 0.0283. The molecule has 0 aromatic carbocycles. The lowest BCUT2D eigenvalue weighted by atomic mass is 9.82. The molecule has 6 heteroatoms. The summed E-state index contributed by atoms with van der Waals surface area (Å²) in [6.07, 6.45) is 5.80. The Labute approximate surface area is 190 Å². The molecule has 2 heterocycles. The fourth-order valence-electron chi connectivity index (χ4n) is 4.37. The largest absolute Gasteiger partial charge is 0.465 e. The molecule has 0 radical (unpaired) electrons. The third-order valence-corrected chi connectivity index (χ3v) is 7.20. The van der Waals surface area contributed by atoms with E-state index in [4.69, 9.17) is 4.74 Å². The van der Waals surface area contributed by atoms with Gasteiger partial charge in [0.25, 0.3) is 0 Å². The molecule has 1 aromatic rings. The van der Waals surface area contributed by atoms with Gasteiger partial charge in [-0.1, -0.05) is 18.8 Å². The average molecular weight is 445 g/mol. The van der Waals surface area contributed by atoms with E-state index in [-0.39, 0.29) is 23.3 Å². The lowest BCUT2D eigenvalue weighted by Crippen LogP contribution is -2.49. The van der Waals surface area contributed by atoms with Crippen molar-refractivity contribution in [1.29, 1.82) is 0 Å². The van der Waals surface area contributed by atoms with E-state index in [1.807, 2.05) is 11.0 Å². The Morgan fingerprint density at radius 1 is 1.13 bits per heavy atom. The molecule has 170 valence electrons. The summed E-state index contributed by atoms with van der Waals surface area (Å²) in [6.45, 7) is 10.2. The van der Waals surface area contributed by atoms with Gasteiger partial charge < -0.3 is 15.0 Å². The Hall–Kier alpha value is -1.84. The second-order valence-corrected chi connectivity index (χ2v) is 11.0. The summed E-state index contributed by atoms with van der Waals surface area (Å²) in [5.41, 5.74) is 0.546. The van der Waals surface area contributed by atoms with E-state index in [9.17, 15) is 9.59 Å². The third kappa shape index (κ3) is 6.11. The van der Waals surface area contributed by atoms with Crippen LogP contribution in [0.2, 0.25) is 0 Å². The first-order valence-corrected chi connectivity index (χ1v) is 12.3. The van der Waals surface area contributed by atoms with Crippen LogP contribution in [0.25, 0.3) is 0 Å². The Balaban J connectivity index is 2.02. The molecule has 5 nitrogen and oxygen atoms in total. The highest BCUT2D eigenvalue weighted by Crippen LogP contribution is 2.37. The van der Waals surface area contributed by atoms with E-state index in [1.54, 1.807) is 0 Å². The fraction of sp³-hybridized carbons (Fsp3) is 0.680. The van der Waals surface area contributed by atoms with Crippen LogP contribution < -0.4 is 10.2 Å². The molecular weight excluding hydrogens is 408 g/mol. The number of piperidine rings is 1. The van der Waals surface area contributed by atoms with Crippen LogP contribution in [-0.4, -0.2) is 38.1 Å². The predicted molar refractivity (Wildman–Crippen MR) is 126 cm³/mol. The number of esters is 1. The number of nitrogens with zero attached hydrogens (tertiary/aromatic N) is 1. The Kier molecular flexibility index (Phi) is 7.82. The zero-order valence-corrected chi connectivity index (χ0v) is 20.4. The fourth-order valence-corrected chi connectivity index (χ4v) is 5.30. The molecule has 0 unspecified atom stereocenters. The van der Waals surface area contributed by atoms with Crippen molar-refractivity contribution in [1.82, 2.24) is 5.32 Å². The van der Waals surface area contributed by atoms with Gasteiger partial charge in [0.05, 0.1) is 17.7 Å². The van der Waals surface area contributed by atoms with Crippen molar-refractivity contribution in [3.8, 4) is 11.8 Å². The maximum atomic E-state index is 13.8. The van der Waals surface area contributed by atoms with Gasteiger partial charge in [-0.3, -0.25) is 4.79 Å². The van der Waals surface area contributed by atoms with E-state index < -0.39 is 5.97 Å². The van der Waals surface area contributed by atoms with E-state index in [0.717, 1.165) is 56.5 Å². The van der Waals surface area contributed by atoms with Gasteiger partial charge in [-0.15, -0.1) is 11.3 Å². The van der Waals surface area contributed by atoms with Crippen molar-refractivity contribution in [3.63, 3.8) is 0 Å². The van der Waals surface area contributed by atoms with Crippen molar-refractivity contribution in [2.75, 3.05) is 25.1 Å². The van der Waals surface area contributed by atoms with Gasteiger partial charge in [-0.25, -0.2) is 4.79 Å². The molecule has 1 N–H and O–H groups in total. The van der Waals surface area contributed by atoms with E-state index >= 15 is 0 Å². The lowest BCUT2D eigenvalue weighted by molar-refractivity contribution is -0.124. The van der Waals surface area contributed by atoms with Gasteiger partial charge in [0, 0.05) is 17.4 Å². The van der Waals surface area contributed by atoms with Gasteiger partial charge in [0.1, 0.15) is 4.88 Å². The molecule has 1 aliphatic heterocycles. The molecule has 1 aromatic heterocycles. The number of carbonyl (C=O) groups excluding carboxylic acids is 2. The first-order chi connectivity index (χ1) is 14.7. The van der Waals surface area contributed by atoms with Crippen LogP contribution in [-0.2, 0) is 9.53 Å². The quantitative estimate of drug-likeness (QED) is 0.533. The molecule has 3 rings (SSSR count). The summed E-state index contributed by atoms with van der Waals surface area (Å²) in [7, 11) is 1.39. The molecule has 0 atom stereocenters. The zero-order chi connectivity index (χ0) is 22.6. The monoisotopic (exact) mass is 444 g/mol. The summed E-state index contributed by atoms with van der Waals surface area (Å²) in [4.78, 5) is 29.7. The predicted octanol–water partition coefficient (Wildman–Crippen LogP) is 4.84. The van der Waals surface area contributed by atoms with Crippen molar-refractivity contribution in [2.45, 2.75) is 72.3 Å². The second kappa shape index (κ2) is 10.2. The Bertz CT molecular complexity index is 844. The zero-order valence-electron chi connectivity index (χ0n) is 19.5. The number of hydrogen-bond donors (Lipinski definition) is 1. The van der Waals surface area contributed by atoms with Crippen molar-refractivity contribution < 1.29 is 14.3 Å². The van der Waals surface area contributed by atoms with Crippen molar-refractivity contribution in [2.24, 2.45) is 17.3 Å². The van der Waals surface area contributed by atoms with Gasteiger partial charge in [-0.05, 0) is 84.4 Å². The highest BCUT2D eigenvalue weighted by molar-refractivity contribution is 7.15. The number of rotatable bonds is 4. The van der Waals surface area contributed by atoms with Crippen LogP contribution in [0.3, 0.4) is 0 Å². The Morgan fingerprint density at radius 3 is 2.35 bits per heavy atom. The highest BCUT2D eigenvalue weighted by atomic mass is 32.1. The summed E-state index contributed by atoms with van der Waals surface area (Å²) in [5.74, 6) is 6.94. The van der Waals surface area contributed by atoms with Crippen molar-refractivity contribution >= 4 is 28.9 Å². The molecule has 0 bridgehead atoms. The SMILES string of the molecule is COC(=O)c1sc(C#CC(C)(C)C)cc1N(C(=O)C1CCC(C)CC1)C1CCNCC1. The molecule has 1 saturated carbocycles. The molecule has 2 fully saturated rings. The van der Waals surface area contributed by atoms with E-state index in [1.165, 1.54) is 18.4 Å². The topological polar surface area (TPSA) is 58.6 Å². The summed E-state index contributed by atoms with van der Waals surface area (Å²) < 4.78 is 5.09. The normalized spacial score (nSPS) is 22.4. The molecule has 1 saturated heterocycles. The van der Waals surface area contributed by atoms with Crippen LogP contribution >= 0.6 is 11.3 Å². The van der Waals surface area contributed by atoms with Crippen LogP contribution in [0.15, 0.2) is 6.07 Å². The molecule has 1 amide bonds. The standard InChI is InChI=1S/C25H36N2O3S/c1-17-6-8-18(9-7-17)23(28)27(19-11-14-26-15-12-19)21-16-20(10-13-25(2,3)4)31-22(21)24(29)30-5/h16-19,26H,6-9,11-12,14-15H2,1-5H3. The van der Waals surface area contributed by atoms with Crippen LogP contribution in [0.1, 0.15) is 80.8 Å². The number of ether oxygens (including phenoxy) is 1. The van der Waals surface area contributed by atoms with Crippen LogP contribution in [0.5, 0.6) is 0 Å². The van der Waals surface area contributed by atoms with Gasteiger partial charge >= 0.3 is 5.97 Å². The summed E-state index contributed by atoms with van der Waals surface area (Å²) in [5, 5.41) is 3.39. The average Bonchev–Trinajstić information content (AvgIpc) is 3.16. The highest BCUT2D eigenvalue weighted by Gasteiger charge is 2.36. The number of amides is 1. The van der Waals surface area contributed by atoms with Crippen molar-refractivity contribution in [3.05, 3.63) is 15.8 Å². The first-order valence-electron chi connectivity index (χ1n) is 11.5. The minimum Gasteiger partial charge on any atom is -0.465 e. The molecule has 2 aliphatic rings. The molecule has 31 heavy (non-hydrogen) atoms. The Morgan fingerprint density at radius 2 is 1.77 bits per heavy atom. The number of hydrogen-bond acceptors (Lipinski definition) is 5. The van der Waals surface area contributed by atoms with Gasteiger partial charge in [-0.2, -0.15) is 0 Å². The number of methoxy groups -OCH3 is 1. The van der Waals surface area contributed by atoms with E-state index in [2.05, 4.69) is 44.9 Å². The summed E-state index contributed by atoms with van der Waals surface area (Å²) >= 11 is 1.33. The lowest BCUT2D eigenvalue weighted by Gasteiger charge is -2.38. The molecule has 1 aliphatic carbocycles. The second-order valence-electron chi connectivity index (χ2n) is 9.96. The maximum Gasteiger partial charge on any atom is 0.350 e. The number of anilines is 1. The maximum absolute atomic E-state index is 13.8. The van der Waals surface area contributed by atoms with E-state index in [0.29, 0.717) is 16.5 Å².